The van der Waals surface area contributed by atoms with Crippen LogP contribution in [-0.4, -0.2) is 25.6 Å². The summed E-state index contributed by atoms with van der Waals surface area (Å²) < 4.78 is 16.7. The summed E-state index contributed by atoms with van der Waals surface area (Å²) in [4.78, 5) is 12.5. The van der Waals surface area contributed by atoms with E-state index in [1.54, 1.807) is 6.07 Å². The average molecular weight is 342 g/mol. The molecule has 0 aromatic heterocycles. The van der Waals surface area contributed by atoms with E-state index in [2.05, 4.69) is 0 Å². The highest BCUT2D eigenvalue weighted by Gasteiger charge is 2.11. The highest BCUT2D eigenvalue weighted by atomic mass is 16.5. The molecule has 2 aromatic carbocycles. The number of hydrogen-bond acceptors (Lipinski definition) is 4. The van der Waals surface area contributed by atoms with Gasteiger partial charge in [0.25, 0.3) is 0 Å². The van der Waals surface area contributed by atoms with Crippen molar-refractivity contribution in [2.75, 3.05) is 19.8 Å². The van der Waals surface area contributed by atoms with Gasteiger partial charge in [-0.2, -0.15) is 0 Å². The number of benzene rings is 2. The van der Waals surface area contributed by atoms with E-state index in [4.69, 9.17) is 14.2 Å². The van der Waals surface area contributed by atoms with Gasteiger partial charge in [-0.05, 0) is 63.1 Å². The SMILES string of the molecule is CCOc1cccc(C(=O)CCc2cc(OCC)ccc2OCC)c1. The monoisotopic (exact) mass is 342 g/mol. The third kappa shape index (κ3) is 5.52. The number of Topliss-reactive ketones (excluding diaryl/α,β-unsaturated/α-hetero) is 1. The Balaban J connectivity index is 2.09. The van der Waals surface area contributed by atoms with E-state index in [1.165, 1.54) is 0 Å². The molecule has 0 saturated heterocycles. The van der Waals surface area contributed by atoms with Crippen molar-refractivity contribution in [3.63, 3.8) is 0 Å². The van der Waals surface area contributed by atoms with Crippen LogP contribution in [0.3, 0.4) is 0 Å². The minimum absolute atomic E-state index is 0.0887. The fourth-order valence-electron chi connectivity index (χ4n) is 2.62. The van der Waals surface area contributed by atoms with Crippen molar-refractivity contribution < 1.29 is 19.0 Å². The van der Waals surface area contributed by atoms with Crippen molar-refractivity contribution in [2.45, 2.75) is 33.6 Å². The molecule has 2 rings (SSSR count). The van der Waals surface area contributed by atoms with Crippen LogP contribution in [0.4, 0.5) is 0 Å². The van der Waals surface area contributed by atoms with Gasteiger partial charge >= 0.3 is 0 Å². The van der Waals surface area contributed by atoms with Crippen LogP contribution in [0, 0.1) is 0 Å². The minimum Gasteiger partial charge on any atom is -0.494 e. The molecule has 0 saturated carbocycles. The minimum atomic E-state index is 0.0887. The highest BCUT2D eigenvalue weighted by molar-refractivity contribution is 5.96. The van der Waals surface area contributed by atoms with Crippen LogP contribution in [0.15, 0.2) is 42.5 Å². The summed E-state index contributed by atoms with van der Waals surface area (Å²) in [7, 11) is 0. The Morgan fingerprint density at radius 1 is 0.840 bits per heavy atom. The molecule has 0 radical (unpaired) electrons. The molecule has 0 atom stereocenters. The fraction of sp³-hybridized carbons (Fsp3) is 0.381. The zero-order valence-corrected chi connectivity index (χ0v) is 15.2. The Kier molecular flexibility index (Phi) is 7.33. The Morgan fingerprint density at radius 2 is 1.52 bits per heavy atom. The first-order valence-electron chi connectivity index (χ1n) is 8.82. The van der Waals surface area contributed by atoms with E-state index < -0.39 is 0 Å². The maximum absolute atomic E-state index is 12.5. The lowest BCUT2D eigenvalue weighted by Gasteiger charge is -2.12. The normalized spacial score (nSPS) is 10.4. The summed E-state index contributed by atoms with van der Waals surface area (Å²) in [5.41, 5.74) is 1.66. The van der Waals surface area contributed by atoms with Crippen LogP contribution < -0.4 is 14.2 Å². The molecule has 0 aliphatic carbocycles. The van der Waals surface area contributed by atoms with Crippen molar-refractivity contribution in [3.05, 3.63) is 53.6 Å². The molecule has 0 heterocycles. The van der Waals surface area contributed by atoms with Gasteiger partial charge in [0.15, 0.2) is 5.78 Å². The molecule has 0 spiro atoms. The zero-order chi connectivity index (χ0) is 18.1. The Hall–Kier alpha value is -2.49. The molecule has 0 unspecified atom stereocenters. The molecular formula is C21H26O4. The second kappa shape index (κ2) is 9.72. The fourth-order valence-corrected chi connectivity index (χ4v) is 2.62. The number of ketones is 1. The van der Waals surface area contributed by atoms with Crippen LogP contribution in [0.1, 0.15) is 43.1 Å². The van der Waals surface area contributed by atoms with Gasteiger partial charge < -0.3 is 14.2 Å². The van der Waals surface area contributed by atoms with Gasteiger partial charge in [0.2, 0.25) is 0 Å². The average Bonchev–Trinajstić information content (AvgIpc) is 2.62. The number of rotatable bonds is 10. The van der Waals surface area contributed by atoms with E-state index in [1.807, 2.05) is 57.2 Å². The van der Waals surface area contributed by atoms with Crippen LogP contribution in [0.2, 0.25) is 0 Å². The Bertz CT molecular complexity index is 694. The van der Waals surface area contributed by atoms with E-state index in [0.29, 0.717) is 38.2 Å². The first-order valence-corrected chi connectivity index (χ1v) is 8.82. The predicted octanol–water partition coefficient (Wildman–Crippen LogP) is 4.70. The standard InChI is InChI=1S/C21H26O4/c1-4-23-18-9-7-8-16(14-18)20(22)12-10-17-15-19(24-5-2)11-13-21(17)25-6-3/h7-9,11,13-15H,4-6,10,12H2,1-3H3. The van der Waals surface area contributed by atoms with Gasteiger partial charge in [0.1, 0.15) is 17.2 Å². The van der Waals surface area contributed by atoms with Crippen molar-refractivity contribution in [1.29, 1.82) is 0 Å². The third-order valence-corrected chi connectivity index (χ3v) is 3.73. The summed E-state index contributed by atoms with van der Waals surface area (Å²) >= 11 is 0. The molecule has 0 bridgehead atoms. The van der Waals surface area contributed by atoms with Crippen LogP contribution in [0.5, 0.6) is 17.2 Å². The van der Waals surface area contributed by atoms with Gasteiger partial charge in [-0.3, -0.25) is 4.79 Å². The van der Waals surface area contributed by atoms with Crippen molar-refractivity contribution >= 4 is 5.78 Å². The largest absolute Gasteiger partial charge is 0.494 e. The van der Waals surface area contributed by atoms with E-state index >= 15 is 0 Å². The quantitative estimate of drug-likeness (QED) is 0.587. The molecule has 0 amide bonds. The summed E-state index contributed by atoms with van der Waals surface area (Å²) in [6.45, 7) is 7.60. The lowest BCUT2D eigenvalue weighted by atomic mass is 10.0. The zero-order valence-electron chi connectivity index (χ0n) is 15.2. The van der Waals surface area contributed by atoms with Gasteiger partial charge in [-0.25, -0.2) is 0 Å². The molecule has 4 heteroatoms. The molecule has 0 aliphatic rings. The topological polar surface area (TPSA) is 44.8 Å². The highest BCUT2D eigenvalue weighted by Crippen LogP contribution is 2.26. The van der Waals surface area contributed by atoms with E-state index in [0.717, 1.165) is 22.8 Å². The molecule has 2 aromatic rings. The second-order valence-electron chi connectivity index (χ2n) is 5.52. The maximum Gasteiger partial charge on any atom is 0.163 e. The first kappa shape index (κ1) is 18.8. The number of ether oxygens (including phenoxy) is 3. The second-order valence-corrected chi connectivity index (χ2v) is 5.52. The van der Waals surface area contributed by atoms with Gasteiger partial charge in [0, 0.05) is 12.0 Å². The van der Waals surface area contributed by atoms with Crippen LogP contribution in [-0.2, 0) is 6.42 Å². The molecule has 0 fully saturated rings. The van der Waals surface area contributed by atoms with E-state index in [-0.39, 0.29) is 5.78 Å². The first-order chi connectivity index (χ1) is 12.2. The molecular weight excluding hydrogens is 316 g/mol. The summed E-state index contributed by atoms with van der Waals surface area (Å²) in [6.07, 6.45) is 1.01. The summed E-state index contributed by atoms with van der Waals surface area (Å²) in [6, 6.07) is 13.1. The van der Waals surface area contributed by atoms with Gasteiger partial charge in [-0.15, -0.1) is 0 Å². The molecule has 4 nitrogen and oxygen atoms in total. The lowest BCUT2D eigenvalue weighted by molar-refractivity contribution is 0.0982. The molecule has 134 valence electrons. The molecule has 25 heavy (non-hydrogen) atoms. The maximum atomic E-state index is 12.5. The van der Waals surface area contributed by atoms with Gasteiger partial charge in [0.05, 0.1) is 19.8 Å². The van der Waals surface area contributed by atoms with Crippen molar-refractivity contribution in [2.24, 2.45) is 0 Å². The summed E-state index contributed by atoms with van der Waals surface area (Å²) in [5, 5.41) is 0. The molecule has 0 N–H and O–H groups in total. The molecule has 0 aliphatic heterocycles. The Labute approximate surface area is 149 Å². The predicted molar refractivity (Wildman–Crippen MR) is 99.0 cm³/mol. The van der Waals surface area contributed by atoms with E-state index in [9.17, 15) is 4.79 Å². The number of aryl methyl sites for hydroxylation is 1. The van der Waals surface area contributed by atoms with Crippen molar-refractivity contribution in [1.82, 2.24) is 0 Å². The lowest BCUT2D eigenvalue weighted by Crippen LogP contribution is -2.04. The van der Waals surface area contributed by atoms with Crippen LogP contribution >= 0.6 is 0 Å². The number of carbonyl (C=O) groups excluding carboxylic acids is 1. The summed E-state index contributed by atoms with van der Waals surface area (Å²) in [5.74, 6) is 2.42. The third-order valence-electron chi connectivity index (χ3n) is 3.73. The number of hydrogen-bond donors (Lipinski definition) is 0. The smallest absolute Gasteiger partial charge is 0.163 e. The van der Waals surface area contributed by atoms with Crippen LogP contribution in [0.25, 0.3) is 0 Å². The van der Waals surface area contributed by atoms with Crippen molar-refractivity contribution in [3.8, 4) is 17.2 Å². The van der Waals surface area contributed by atoms with Gasteiger partial charge in [-0.1, -0.05) is 12.1 Å². The number of carbonyl (C=O) groups is 1. The Morgan fingerprint density at radius 3 is 2.20 bits per heavy atom.